The molecule has 3 aromatic rings. The summed E-state index contributed by atoms with van der Waals surface area (Å²) >= 11 is 5.90. The molecule has 0 aliphatic carbocycles. The van der Waals surface area contributed by atoms with Crippen molar-refractivity contribution >= 4 is 17.5 Å². The lowest BCUT2D eigenvalue weighted by Crippen LogP contribution is -2.24. The molecule has 7 heteroatoms. The van der Waals surface area contributed by atoms with Gasteiger partial charge in [0.2, 0.25) is 0 Å². The molecule has 122 valence electrons. The van der Waals surface area contributed by atoms with E-state index in [1.165, 1.54) is 4.68 Å². The number of carbonyl (C=O) groups excluding carboxylic acids is 1. The molecule has 1 aromatic carbocycles. The molecule has 0 spiro atoms. The van der Waals surface area contributed by atoms with Crippen molar-refractivity contribution in [2.45, 2.75) is 13.3 Å². The summed E-state index contributed by atoms with van der Waals surface area (Å²) in [5.41, 5.74) is 1.11. The number of hydrogen-bond acceptors (Lipinski definition) is 4. The highest BCUT2D eigenvalue weighted by Gasteiger charge is 2.09. The van der Waals surface area contributed by atoms with Crippen LogP contribution in [0.3, 0.4) is 0 Å². The third-order valence-corrected chi connectivity index (χ3v) is 3.42. The monoisotopic (exact) mass is 342 g/mol. The number of aromatic nitrogens is 3. The Morgan fingerprint density at radius 2 is 2.12 bits per heavy atom. The van der Waals surface area contributed by atoms with Crippen molar-refractivity contribution in [3.63, 3.8) is 0 Å². The SMILES string of the molecule is O=C(NCc1ccccn1)c1ccn(COc2cccc(Cl)c2)n1. The van der Waals surface area contributed by atoms with Crippen molar-refractivity contribution in [2.75, 3.05) is 0 Å². The van der Waals surface area contributed by atoms with Crippen molar-refractivity contribution in [3.05, 3.63) is 77.3 Å². The summed E-state index contributed by atoms with van der Waals surface area (Å²) in [6.45, 7) is 0.541. The first kappa shape index (κ1) is 16.0. The van der Waals surface area contributed by atoms with Gasteiger partial charge in [-0.05, 0) is 36.4 Å². The second-order valence-corrected chi connectivity index (χ2v) is 5.41. The van der Waals surface area contributed by atoms with Crippen molar-refractivity contribution in [1.82, 2.24) is 20.1 Å². The molecule has 0 saturated carbocycles. The lowest BCUT2D eigenvalue weighted by molar-refractivity contribution is 0.0943. The molecule has 6 nitrogen and oxygen atoms in total. The van der Waals surface area contributed by atoms with E-state index in [9.17, 15) is 4.79 Å². The molecule has 2 heterocycles. The maximum absolute atomic E-state index is 12.1. The predicted molar refractivity (Wildman–Crippen MR) is 89.7 cm³/mol. The average molecular weight is 343 g/mol. The van der Waals surface area contributed by atoms with Crippen LogP contribution in [-0.2, 0) is 13.3 Å². The summed E-state index contributed by atoms with van der Waals surface area (Å²) in [4.78, 5) is 16.2. The highest BCUT2D eigenvalue weighted by molar-refractivity contribution is 6.30. The Balaban J connectivity index is 1.53. The Bertz CT molecular complexity index is 820. The third kappa shape index (κ3) is 4.33. The normalized spacial score (nSPS) is 10.4. The van der Waals surface area contributed by atoms with Gasteiger partial charge in [0, 0.05) is 17.4 Å². The van der Waals surface area contributed by atoms with E-state index in [0.29, 0.717) is 23.0 Å². The molecule has 0 aliphatic rings. The van der Waals surface area contributed by atoms with Crippen LogP contribution in [0.15, 0.2) is 60.9 Å². The van der Waals surface area contributed by atoms with Gasteiger partial charge >= 0.3 is 0 Å². The van der Waals surface area contributed by atoms with Crippen molar-refractivity contribution < 1.29 is 9.53 Å². The second-order valence-electron chi connectivity index (χ2n) is 4.98. The fourth-order valence-electron chi connectivity index (χ4n) is 2.02. The zero-order chi connectivity index (χ0) is 16.8. The summed E-state index contributed by atoms with van der Waals surface area (Å²) in [5, 5.41) is 7.56. The smallest absolute Gasteiger partial charge is 0.272 e. The molecule has 0 unspecified atom stereocenters. The Hall–Kier alpha value is -2.86. The van der Waals surface area contributed by atoms with E-state index in [4.69, 9.17) is 16.3 Å². The zero-order valence-corrected chi connectivity index (χ0v) is 13.5. The van der Waals surface area contributed by atoms with Crippen LogP contribution >= 0.6 is 11.6 Å². The molecule has 1 N–H and O–H groups in total. The highest BCUT2D eigenvalue weighted by atomic mass is 35.5. The van der Waals surface area contributed by atoms with E-state index in [1.54, 1.807) is 42.7 Å². The first-order valence-electron chi connectivity index (χ1n) is 7.30. The van der Waals surface area contributed by atoms with Gasteiger partial charge in [0.1, 0.15) is 11.4 Å². The number of hydrogen-bond donors (Lipinski definition) is 1. The molecule has 2 aromatic heterocycles. The van der Waals surface area contributed by atoms with Crippen molar-refractivity contribution in [3.8, 4) is 5.75 Å². The largest absolute Gasteiger partial charge is 0.471 e. The minimum Gasteiger partial charge on any atom is -0.471 e. The van der Waals surface area contributed by atoms with Gasteiger partial charge in [-0.15, -0.1) is 0 Å². The number of amides is 1. The minimum absolute atomic E-state index is 0.188. The maximum atomic E-state index is 12.1. The van der Waals surface area contributed by atoms with Crippen LogP contribution in [0.2, 0.25) is 5.02 Å². The molecule has 0 radical (unpaired) electrons. The molecule has 3 rings (SSSR count). The van der Waals surface area contributed by atoms with E-state index >= 15 is 0 Å². The predicted octanol–water partition coefficient (Wildman–Crippen LogP) is 2.90. The molecular formula is C17H15ClN4O2. The Morgan fingerprint density at radius 3 is 2.92 bits per heavy atom. The highest BCUT2D eigenvalue weighted by Crippen LogP contribution is 2.17. The zero-order valence-electron chi connectivity index (χ0n) is 12.7. The average Bonchev–Trinajstić information content (AvgIpc) is 3.08. The summed E-state index contributed by atoms with van der Waals surface area (Å²) in [7, 11) is 0. The van der Waals surface area contributed by atoms with Crippen LogP contribution < -0.4 is 10.1 Å². The van der Waals surface area contributed by atoms with E-state index in [2.05, 4.69) is 15.4 Å². The van der Waals surface area contributed by atoms with Gasteiger partial charge in [0.15, 0.2) is 6.73 Å². The van der Waals surface area contributed by atoms with Gasteiger partial charge < -0.3 is 10.1 Å². The fourth-order valence-corrected chi connectivity index (χ4v) is 2.20. The standard InChI is InChI=1S/C17H15ClN4O2/c18-13-4-3-6-15(10-13)24-12-22-9-7-16(21-22)17(23)20-11-14-5-1-2-8-19-14/h1-10H,11-12H2,(H,20,23). The summed E-state index contributed by atoms with van der Waals surface area (Å²) in [6, 6.07) is 14.3. The number of pyridine rings is 1. The number of nitrogens with zero attached hydrogens (tertiary/aromatic N) is 3. The summed E-state index contributed by atoms with van der Waals surface area (Å²) in [5.74, 6) is 0.376. The molecule has 0 aliphatic heterocycles. The summed E-state index contributed by atoms with van der Waals surface area (Å²) in [6.07, 6.45) is 3.36. The topological polar surface area (TPSA) is 69.0 Å². The van der Waals surface area contributed by atoms with Gasteiger partial charge in [-0.1, -0.05) is 23.7 Å². The Kier molecular flexibility index (Phi) is 5.08. The quantitative estimate of drug-likeness (QED) is 0.748. The molecule has 24 heavy (non-hydrogen) atoms. The molecule has 1 amide bonds. The van der Waals surface area contributed by atoms with Crippen LogP contribution in [0.1, 0.15) is 16.2 Å². The maximum Gasteiger partial charge on any atom is 0.272 e. The van der Waals surface area contributed by atoms with Gasteiger partial charge in [0.25, 0.3) is 5.91 Å². The minimum atomic E-state index is -0.262. The molecule has 0 fully saturated rings. The molecule has 0 atom stereocenters. The number of nitrogens with one attached hydrogen (secondary N) is 1. The van der Waals surface area contributed by atoms with E-state index < -0.39 is 0 Å². The number of ether oxygens (including phenoxy) is 1. The number of benzene rings is 1. The third-order valence-electron chi connectivity index (χ3n) is 3.19. The van der Waals surface area contributed by atoms with Crippen LogP contribution in [0.4, 0.5) is 0 Å². The van der Waals surface area contributed by atoms with E-state index in [0.717, 1.165) is 5.69 Å². The van der Waals surface area contributed by atoms with Crippen molar-refractivity contribution in [1.29, 1.82) is 0 Å². The molecule has 0 saturated heterocycles. The first-order chi connectivity index (χ1) is 11.7. The van der Waals surface area contributed by atoms with Gasteiger partial charge in [-0.3, -0.25) is 9.78 Å². The lowest BCUT2D eigenvalue weighted by atomic mass is 10.3. The fraction of sp³-hybridized carbons (Fsp3) is 0.118. The molecule has 0 bridgehead atoms. The van der Waals surface area contributed by atoms with Gasteiger partial charge in [-0.25, -0.2) is 4.68 Å². The summed E-state index contributed by atoms with van der Waals surface area (Å²) < 4.78 is 7.11. The van der Waals surface area contributed by atoms with E-state index in [-0.39, 0.29) is 12.6 Å². The van der Waals surface area contributed by atoms with E-state index in [1.807, 2.05) is 18.2 Å². The molecular weight excluding hydrogens is 328 g/mol. The Morgan fingerprint density at radius 1 is 1.21 bits per heavy atom. The lowest BCUT2D eigenvalue weighted by Gasteiger charge is -2.06. The van der Waals surface area contributed by atoms with Crippen LogP contribution in [-0.4, -0.2) is 20.7 Å². The number of rotatable bonds is 6. The van der Waals surface area contributed by atoms with Crippen LogP contribution in [0, 0.1) is 0 Å². The van der Waals surface area contributed by atoms with Gasteiger partial charge in [0.05, 0.1) is 12.2 Å². The van der Waals surface area contributed by atoms with Crippen molar-refractivity contribution in [2.24, 2.45) is 0 Å². The first-order valence-corrected chi connectivity index (χ1v) is 7.68. The number of halogens is 1. The number of carbonyl (C=O) groups is 1. The van der Waals surface area contributed by atoms with Crippen LogP contribution in [0.5, 0.6) is 5.75 Å². The Labute approximate surface area is 144 Å². The van der Waals surface area contributed by atoms with Gasteiger partial charge in [-0.2, -0.15) is 5.10 Å². The second kappa shape index (κ2) is 7.61. The van der Waals surface area contributed by atoms with Crippen LogP contribution in [0.25, 0.3) is 0 Å².